The average Bonchev–Trinajstić information content (AvgIpc) is 2.78. The van der Waals surface area contributed by atoms with Crippen LogP contribution in [0.2, 0.25) is 0 Å². The summed E-state index contributed by atoms with van der Waals surface area (Å²) >= 11 is 0. The largest absolute Gasteiger partial charge is 0.505 e. The Balaban J connectivity index is 0.000000785. The minimum absolute atomic E-state index is 0.0972. The number of pyridine rings is 1. The van der Waals surface area contributed by atoms with E-state index in [-0.39, 0.29) is 18.0 Å². The fourth-order valence-corrected chi connectivity index (χ4v) is 2.92. The standard InChI is InChI=1S/C19H18N4O4.C4H6/c1-2-22-23-11-14-12(15-8-3-4-9-20-15)6-5-7-13(14)18(26)17(23)19(27)21-10-16(24)25;1-3-4-2/h2-9,26H,10-11H2,1H3,(H,21,27)(H,24,25);1H,4H2,2H3/b22-2-;. The van der Waals surface area contributed by atoms with E-state index in [1.54, 1.807) is 25.3 Å². The van der Waals surface area contributed by atoms with Gasteiger partial charge in [-0.05, 0) is 24.6 Å². The first kappa shape index (κ1) is 23.2. The van der Waals surface area contributed by atoms with Gasteiger partial charge in [0.2, 0.25) is 0 Å². The van der Waals surface area contributed by atoms with Gasteiger partial charge in [-0.25, -0.2) is 0 Å². The Morgan fingerprint density at radius 1 is 1.29 bits per heavy atom. The minimum atomic E-state index is -1.18. The molecule has 3 rings (SSSR count). The van der Waals surface area contributed by atoms with Crippen LogP contribution in [-0.4, -0.2) is 44.8 Å². The number of hydrogen-bond acceptors (Lipinski definition) is 6. The molecule has 0 saturated carbocycles. The third kappa shape index (κ3) is 5.70. The Morgan fingerprint density at radius 3 is 2.58 bits per heavy atom. The van der Waals surface area contributed by atoms with Crippen LogP contribution in [0, 0.1) is 12.3 Å². The fourth-order valence-electron chi connectivity index (χ4n) is 2.92. The molecule has 2 aromatic rings. The lowest BCUT2D eigenvalue weighted by molar-refractivity contribution is -0.137. The number of hydrogen-bond donors (Lipinski definition) is 3. The highest BCUT2D eigenvalue weighted by atomic mass is 16.4. The number of carbonyl (C=O) groups excluding carboxylic acids is 1. The molecule has 8 nitrogen and oxygen atoms in total. The van der Waals surface area contributed by atoms with E-state index in [1.807, 2.05) is 31.2 Å². The van der Waals surface area contributed by atoms with Crippen LogP contribution in [0.1, 0.15) is 31.4 Å². The Kier molecular flexibility index (Phi) is 8.34. The molecule has 0 fully saturated rings. The number of hydrazone groups is 1. The summed E-state index contributed by atoms with van der Waals surface area (Å²) in [4.78, 5) is 27.5. The van der Waals surface area contributed by atoms with E-state index in [0.29, 0.717) is 5.56 Å². The van der Waals surface area contributed by atoms with Crippen molar-refractivity contribution in [2.45, 2.75) is 26.8 Å². The number of fused-ring (bicyclic) bond motifs is 1. The highest BCUT2D eigenvalue weighted by Crippen LogP contribution is 2.35. The van der Waals surface area contributed by atoms with Crippen LogP contribution >= 0.6 is 0 Å². The quantitative estimate of drug-likeness (QED) is 0.506. The van der Waals surface area contributed by atoms with Gasteiger partial charge in [0.05, 0.1) is 12.2 Å². The van der Waals surface area contributed by atoms with Crippen molar-refractivity contribution in [3.05, 3.63) is 59.4 Å². The molecule has 0 saturated heterocycles. The molecular formula is C23H24N4O4. The third-order valence-corrected chi connectivity index (χ3v) is 4.24. The highest BCUT2D eigenvalue weighted by Gasteiger charge is 2.31. The van der Waals surface area contributed by atoms with Gasteiger partial charge in [0.25, 0.3) is 5.91 Å². The van der Waals surface area contributed by atoms with E-state index in [2.05, 4.69) is 21.3 Å². The molecule has 0 spiro atoms. The van der Waals surface area contributed by atoms with Crippen molar-refractivity contribution in [3.8, 4) is 23.6 Å². The summed E-state index contributed by atoms with van der Waals surface area (Å²) in [6.07, 6.45) is 8.80. The van der Waals surface area contributed by atoms with E-state index >= 15 is 0 Å². The van der Waals surface area contributed by atoms with Gasteiger partial charge in [0.15, 0.2) is 11.5 Å². The summed E-state index contributed by atoms with van der Waals surface area (Å²) in [6, 6.07) is 10.9. The van der Waals surface area contributed by atoms with E-state index < -0.39 is 18.4 Å². The van der Waals surface area contributed by atoms with Crippen molar-refractivity contribution < 1.29 is 19.8 Å². The van der Waals surface area contributed by atoms with Crippen molar-refractivity contribution in [2.24, 2.45) is 5.10 Å². The van der Waals surface area contributed by atoms with E-state index in [0.717, 1.165) is 23.2 Å². The summed E-state index contributed by atoms with van der Waals surface area (Å²) in [5.41, 5.74) is 2.72. The molecule has 31 heavy (non-hydrogen) atoms. The van der Waals surface area contributed by atoms with Gasteiger partial charge in [0, 0.05) is 30.0 Å². The summed E-state index contributed by atoms with van der Waals surface area (Å²) in [6.45, 7) is 3.30. The van der Waals surface area contributed by atoms with Crippen LogP contribution in [0.3, 0.4) is 0 Å². The van der Waals surface area contributed by atoms with E-state index in [1.165, 1.54) is 11.2 Å². The number of carbonyl (C=O) groups is 2. The first-order valence-electron chi connectivity index (χ1n) is 9.61. The molecule has 1 aliphatic heterocycles. The monoisotopic (exact) mass is 420 g/mol. The van der Waals surface area contributed by atoms with Crippen LogP contribution < -0.4 is 5.32 Å². The summed E-state index contributed by atoms with van der Waals surface area (Å²) < 4.78 is 0. The average molecular weight is 420 g/mol. The molecule has 0 bridgehead atoms. The Labute approximate surface area is 180 Å². The molecule has 3 N–H and O–H groups in total. The number of nitrogens with one attached hydrogen (secondary N) is 1. The predicted molar refractivity (Wildman–Crippen MR) is 119 cm³/mol. The first-order chi connectivity index (χ1) is 14.9. The second-order valence-corrected chi connectivity index (χ2v) is 6.31. The lowest BCUT2D eigenvalue weighted by atomic mass is 9.93. The number of aliphatic hydroxyl groups excluding tert-OH is 1. The van der Waals surface area contributed by atoms with Crippen LogP contribution in [0.5, 0.6) is 0 Å². The molecule has 0 unspecified atom stereocenters. The molecule has 1 aromatic heterocycles. The number of terminal acetylenes is 1. The van der Waals surface area contributed by atoms with Crippen molar-refractivity contribution in [1.29, 1.82) is 0 Å². The van der Waals surface area contributed by atoms with Crippen LogP contribution in [0.25, 0.3) is 17.0 Å². The lowest BCUT2D eigenvalue weighted by Gasteiger charge is -2.29. The molecule has 160 valence electrons. The van der Waals surface area contributed by atoms with Gasteiger partial charge in [-0.3, -0.25) is 19.6 Å². The third-order valence-electron chi connectivity index (χ3n) is 4.24. The summed E-state index contributed by atoms with van der Waals surface area (Å²) in [7, 11) is 0. The second-order valence-electron chi connectivity index (χ2n) is 6.31. The summed E-state index contributed by atoms with van der Waals surface area (Å²) in [5, 5.41) is 27.3. The number of amides is 1. The highest BCUT2D eigenvalue weighted by molar-refractivity contribution is 6.01. The van der Waals surface area contributed by atoms with Gasteiger partial charge in [-0.2, -0.15) is 5.10 Å². The molecule has 1 amide bonds. The van der Waals surface area contributed by atoms with Gasteiger partial charge in [-0.1, -0.05) is 31.2 Å². The maximum atomic E-state index is 12.4. The number of benzene rings is 1. The zero-order chi connectivity index (χ0) is 22.8. The number of rotatable bonds is 5. The molecule has 0 aliphatic carbocycles. The van der Waals surface area contributed by atoms with Crippen LogP contribution in [0.15, 0.2) is 53.4 Å². The predicted octanol–water partition coefficient (Wildman–Crippen LogP) is 3.03. The van der Waals surface area contributed by atoms with Gasteiger partial charge >= 0.3 is 5.97 Å². The number of aliphatic hydroxyl groups is 1. The number of carboxylic acid groups (broad SMARTS) is 1. The number of aliphatic carboxylic acids is 1. The number of carboxylic acids is 1. The fraction of sp³-hybridized carbons (Fsp3) is 0.217. The zero-order valence-electron chi connectivity index (χ0n) is 17.4. The van der Waals surface area contributed by atoms with Gasteiger partial charge in [-0.15, -0.1) is 12.3 Å². The molecule has 8 heteroatoms. The summed E-state index contributed by atoms with van der Waals surface area (Å²) in [5.74, 6) is 0.277. The minimum Gasteiger partial charge on any atom is -0.505 e. The smallest absolute Gasteiger partial charge is 0.322 e. The van der Waals surface area contributed by atoms with E-state index in [9.17, 15) is 14.7 Å². The second kappa shape index (κ2) is 11.2. The Hall–Kier alpha value is -4.12. The first-order valence-corrected chi connectivity index (χ1v) is 9.61. The number of aromatic nitrogens is 1. The molecule has 2 heterocycles. The van der Waals surface area contributed by atoms with Gasteiger partial charge in [0.1, 0.15) is 6.54 Å². The Morgan fingerprint density at radius 2 is 2.00 bits per heavy atom. The van der Waals surface area contributed by atoms with Crippen LogP contribution in [0.4, 0.5) is 0 Å². The van der Waals surface area contributed by atoms with E-state index in [4.69, 9.17) is 11.5 Å². The topological polar surface area (TPSA) is 115 Å². The molecule has 0 radical (unpaired) electrons. The van der Waals surface area contributed by atoms with Gasteiger partial charge < -0.3 is 15.5 Å². The maximum Gasteiger partial charge on any atom is 0.322 e. The SMILES string of the molecule is C#CCC.C/C=N\N1Cc2c(cccc2-c2ccccn2)C(O)=C1C(=O)NCC(=O)O. The number of nitrogens with zero attached hydrogens (tertiary/aromatic N) is 3. The zero-order valence-corrected chi connectivity index (χ0v) is 17.4. The lowest BCUT2D eigenvalue weighted by Crippen LogP contribution is -2.38. The normalized spacial score (nSPS) is 12.5. The Bertz CT molecular complexity index is 1040. The van der Waals surface area contributed by atoms with Crippen LogP contribution in [-0.2, 0) is 16.1 Å². The van der Waals surface area contributed by atoms with Crippen molar-refractivity contribution in [3.63, 3.8) is 0 Å². The van der Waals surface area contributed by atoms with Crippen molar-refractivity contribution in [1.82, 2.24) is 15.3 Å². The molecule has 1 aliphatic rings. The van der Waals surface area contributed by atoms with Crippen molar-refractivity contribution in [2.75, 3.05) is 6.54 Å². The molecule has 0 atom stereocenters. The molecular weight excluding hydrogens is 396 g/mol. The van der Waals surface area contributed by atoms with Crippen molar-refractivity contribution >= 4 is 23.9 Å². The molecule has 1 aromatic carbocycles. The maximum absolute atomic E-state index is 12.4.